The Morgan fingerprint density at radius 1 is 1.67 bits per heavy atom. The lowest BCUT2D eigenvalue weighted by molar-refractivity contribution is -0.0698. The second kappa shape index (κ2) is 3.88. The third-order valence-corrected chi connectivity index (χ3v) is 2.62. The molecule has 1 atom stereocenters. The molecule has 0 radical (unpaired) electrons. The molecule has 0 aromatic carbocycles. The molecule has 0 spiro atoms. The number of nitriles is 1. The van der Waals surface area contributed by atoms with E-state index >= 15 is 0 Å². The van der Waals surface area contributed by atoms with Crippen LogP contribution >= 0.6 is 0 Å². The van der Waals surface area contributed by atoms with Crippen LogP contribution in [0, 0.1) is 11.3 Å². The molecule has 1 rings (SSSR count). The van der Waals surface area contributed by atoms with Gasteiger partial charge >= 0.3 is 0 Å². The third kappa shape index (κ3) is 1.96. The molecule has 3 nitrogen and oxygen atoms in total. The van der Waals surface area contributed by atoms with Crippen molar-refractivity contribution in [2.24, 2.45) is 0 Å². The highest BCUT2D eigenvalue weighted by Gasteiger charge is 2.36. The van der Waals surface area contributed by atoms with Crippen LogP contribution < -0.4 is 5.32 Å². The largest absolute Gasteiger partial charge is 0.377 e. The molecule has 0 aliphatic heterocycles. The molecule has 1 N–H and O–H groups in total. The molecule has 68 valence electrons. The Kier molecular flexibility index (Phi) is 3.07. The van der Waals surface area contributed by atoms with Crippen LogP contribution in [-0.4, -0.2) is 25.3 Å². The van der Waals surface area contributed by atoms with E-state index in [1.165, 1.54) is 6.42 Å². The van der Waals surface area contributed by atoms with Crippen LogP contribution in [0.15, 0.2) is 0 Å². The number of hydrogen-bond donors (Lipinski definition) is 1. The minimum absolute atomic E-state index is 0.0328. The summed E-state index contributed by atoms with van der Waals surface area (Å²) in [7, 11) is 1.75. The first kappa shape index (κ1) is 9.50. The highest BCUT2D eigenvalue weighted by Crippen LogP contribution is 2.34. The zero-order valence-electron chi connectivity index (χ0n) is 7.76. The van der Waals surface area contributed by atoms with Crippen LogP contribution in [-0.2, 0) is 4.74 Å². The smallest absolute Gasteiger partial charge is 0.0925 e. The normalized spacial score (nSPS) is 22.4. The Hall–Kier alpha value is -0.590. The van der Waals surface area contributed by atoms with E-state index in [1.807, 2.05) is 6.92 Å². The lowest BCUT2D eigenvalue weighted by Gasteiger charge is -2.40. The van der Waals surface area contributed by atoms with Crippen molar-refractivity contribution in [1.29, 1.82) is 5.26 Å². The minimum atomic E-state index is -0.0716. The molecular formula is C9H16N2O. The van der Waals surface area contributed by atoms with Gasteiger partial charge in [0, 0.05) is 13.7 Å². The van der Waals surface area contributed by atoms with Crippen LogP contribution in [0.2, 0.25) is 0 Å². The van der Waals surface area contributed by atoms with Crippen molar-refractivity contribution in [2.45, 2.75) is 37.8 Å². The monoisotopic (exact) mass is 168 g/mol. The van der Waals surface area contributed by atoms with Crippen LogP contribution in [0.4, 0.5) is 0 Å². The van der Waals surface area contributed by atoms with E-state index in [4.69, 9.17) is 10.00 Å². The van der Waals surface area contributed by atoms with E-state index in [-0.39, 0.29) is 11.6 Å². The van der Waals surface area contributed by atoms with Gasteiger partial charge in [0.15, 0.2) is 0 Å². The minimum Gasteiger partial charge on any atom is -0.377 e. The van der Waals surface area contributed by atoms with Gasteiger partial charge in [0.2, 0.25) is 0 Å². The topological polar surface area (TPSA) is 45.0 Å². The fourth-order valence-electron chi connectivity index (χ4n) is 1.41. The number of rotatable bonds is 4. The van der Waals surface area contributed by atoms with Crippen LogP contribution in [0.25, 0.3) is 0 Å². The average Bonchev–Trinajstić information content (AvgIpc) is 2.03. The fourth-order valence-corrected chi connectivity index (χ4v) is 1.41. The Balaban J connectivity index is 2.25. The van der Waals surface area contributed by atoms with Gasteiger partial charge in [-0.2, -0.15) is 5.26 Å². The van der Waals surface area contributed by atoms with Gasteiger partial charge in [-0.25, -0.2) is 0 Å². The molecule has 0 bridgehead atoms. The number of nitrogens with one attached hydrogen (secondary N) is 1. The first-order valence-corrected chi connectivity index (χ1v) is 4.40. The van der Waals surface area contributed by atoms with Gasteiger partial charge < -0.3 is 4.74 Å². The fraction of sp³-hybridized carbons (Fsp3) is 0.889. The van der Waals surface area contributed by atoms with Gasteiger partial charge in [0.25, 0.3) is 0 Å². The highest BCUT2D eigenvalue weighted by atomic mass is 16.5. The van der Waals surface area contributed by atoms with E-state index < -0.39 is 0 Å². The van der Waals surface area contributed by atoms with Crippen LogP contribution in [0.3, 0.4) is 0 Å². The molecule has 3 heteroatoms. The second-order valence-electron chi connectivity index (χ2n) is 3.47. The Morgan fingerprint density at radius 3 is 2.67 bits per heavy atom. The molecule has 1 saturated carbocycles. The molecule has 1 aliphatic rings. The summed E-state index contributed by atoms with van der Waals surface area (Å²) in [5.41, 5.74) is 0.0328. The average molecular weight is 168 g/mol. The van der Waals surface area contributed by atoms with Gasteiger partial charge in [-0.3, -0.25) is 5.32 Å². The van der Waals surface area contributed by atoms with Crippen LogP contribution in [0.5, 0.6) is 0 Å². The molecule has 0 heterocycles. The molecule has 0 saturated heterocycles. The predicted octanol–water partition coefficient (Wildman–Crippen LogP) is 1.06. The maximum atomic E-state index is 8.54. The van der Waals surface area contributed by atoms with Crippen molar-refractivity contribution in [3.8, 4) is 6.07 Å². The molecule has 0 aromatic heterocycles. The summed E-state index contributed by atoms with van der Waals surface area (Å²) >= 11 is 0. The second-order valence-corrected chi connectivity index (χ2v) is 3.47. The first-order chi connectivity index (χ1) is 5.72. The van der Waals surface area contributed by atoms with E-state index in [0.717, 1.165) is 19.4 Å². The van der Waals surface area contributed by atoms with Crippen molar-refractivity contribution >= 4 is 0 Å². The quantitative estimate of drug-likeness (QED) is 0.682. The van der Waals surface area contributed by atoms with Gasteiger partial charge in [0.1, 0.15) is 0 Å². The molecular weight excluding hydrogens is 152 g/mol. The van der Waals surface area contributed by atoms with Crippen molar-refractivity contribution < 1.29 is 4.74 Å². The number of ether oxygens (including phenoxy) is 1. The lowest BCUT2D eigenvalue weighted by Crippen LogP contribution is -2.49. The predicted molar refractivity (Wildman–Crippen MR) is 46.7 cm³/mol. The highest BCUT2D eigenvalue weighted by molar-refractivity contribution is 4.95. The number of hydrogen-bond acceptors (Lipinski definition) is 3. The summed E-state index contributed by atoms with van der Waals surface area (Å²) in [6.07, 6.45) is 3.49. The molecule has 0 aromatic rings. The van der Waals surface area contributed by atoms with Crippen molar-refractivity contribution in [1.82, 2.24) is 5.32 Å². The standard InChI is InChI=1S/C9H16N2O/c1-8(6-10)11-7-9(12-2)4-3-5-9/h8,11H,3-5,7H2,1-2H3. The first-order valence-electron chi connectivity index (χ1n) is 4.40. The Labute approximate surface area is 73.7 Å². The third-order valence-electron chi connectivity index (χ3n) is 2.62. The zero-order chi connectivity index (χ0) is 9.03. The summed E-state index contributed by atoms with van der Waals surface area (Å²) in [4.78, 5) is 0. The molecule has 1 aliphatic carbocycles. The zero-order valence-corrected chi connectivity index (χ0v) is 7.76. The summed E-state index contributed by atoms with van der Waals surface area (Å²) in [6.45, 7) is 2.67. The molecule has 12 heavy (non-hydrogen) atoms. The Morgan fingerprint density at radius 2 is 2.33 bits per heavy atom. The summed E-state index contributed by atoms with van der Waals surface area (Å²) in [5, 5.41) is 11.7. The maximum absolute atomic E-state index is 8.54. The molecule has 1 unspecified atom stereocenters. The van der Waals surface area contributed by atoms with Gasteiger partial charge in [0.05, 0.1) is 17.7 Å². The summed E-state index contributed by atoms with van der Waals surface area (Å²) < 4.78 is 5.40. The van der Waals surface area contributed by atoms with Gasteiger partial charge in [-0.1, -0.05) is 0 Å². The SMILES string of the molecule is COC1(CNC(C)C#N)CCC1. The van der Waals surface area contributed by atoms with Gasteiger partial charge in [-0.05, 0) is 26.2 Å². The lowest BCUT2D eigenvalue weighted by atomic mass is 9.80. The summed E-state index contributed by atoms with van der Waals surface area (Å²) in [5.74, 6) is 0. The van der Waals surface area contributed by atoms with E-state index in [0.29, 0.717) is 0 Å². The molecule has 0 amide bonds. The Bertz CT molecular complexity index is 176. The van der Waals surface area contributed by atoms with E-state index in [9.17, 15) is 0 Å². The van der Waals surface area contributed by atoms with E-state index in [1.54, 1.807) is 7.11 Å². The van der Waals surface area contributed by atoms with Crippen molar-refractivity contribution in [3.63, 3.8) is 0 Å². The van der Waals surface area contributed by atoms with Crippen molar-refractivity contribution in [3.05, 3.63) is 0 Å². The molecule has 1 fully saturated rings. The van der Waals surface area contributed by atoms with Gasteiger partial charge in [-0.15, -0.1) is 0 Å². The maximum Gasteiger partial charge on any atom is 0.0925 e. The van der Waals surface area contributed by atoms with Crippen LogP contribution in [0.1, 0.15) is 26.2 Å². The number of methoxy groups -OCH3 is 1. The summed E-state index contributed by atoms with van der Waals surface area (Å²) in [6, 6.07) is 2.07. The van der Waals surface area contributed by atoms with Crippen molar-refractivity contribution in [2.75, 3.05) is 13.7 Å². The number of nitrogens with zero attached hydrogens (tertiary/aromatic N) is 1. The van der Waals surface area contributed by atoms with E-state index in [2.05, 4.69) is 11.4 Å².